The van der Waals surface area contributed by atoms with Crippen LogP contribution in [0.25, 0.3) is 86.5 Å². The monoisotopic (exact) mass is 1400 g/mol. The molecule has 0 saturated carbocycles. The maximum absolute atomic E-state index is 2.57. The van der Waals surface area contributed by atoms with Crippen molar-refractivity contribution in [2.24, 2.45) is 0 Å². The molecule has 0 N–H and O–H groups in total. The van der Waals surface area contributed by atoms with Gasteiger partial charge in [-0.2, -0.15) is 0 Å². The molecule has 2 aliphatic rings. The Balaban J connectivity index is 0.000000149. The molecule has 0 atom stereocenters. The second kappa shape index (κ2) is 26.5. The number of benzene rings is 18. The molecule has 0 radical (unpaired) electrons. The zero-order valence-electron chi connectivity index (χ0n) is 63.7. The third-order valence-corrected chi connectivity index (χ3v) is 24.3. The molecule has 4 nitrogen and oxygen atoms in total. The first kappa shape index (κ1) is 67.1. The molecule has 528 valence electrons. The predicted octanol–water partition coefficient (Wildman–Crippen LogP) is 29.9. The van der Waals surface area contributed by atoms with Crippen LogP contribution < -0.4 is 19.6 Å². The lowest BCUT2D eigenvalue weighted by Crippen LogP contribution is -2.24. The van der Waals surface area contributed by atoms with Gasteiger partial charge in [-0.3, -0.25) is 0 Å². The molecule has 2 aliphatic carbocycles. The third kappa shape index (κ3) is 11.2. The predicted molar refractivity (Wildman–Crippen MR) is 468 cm³/mol. The molecule has 0 unspecified atom stereocenters. The fourth-order valence-electron chi connectivity index (χ4n) is 18.6. The number of para-hydroxylation sites is 8. The van der Waals surface area contributed by atoms with Gasteiger partial charge in [0.1, 0.15) is 0 Å². The Morgan fingerprint density at radius 1 is 0.229 bits per heavy atom. The van der Waals surface area contributed by atoms with Gasteiger partial charge in [0.2, 0.25) is 0 Å². The number of hydrogen-bond acceptors (Lipinski definition) is 4. The summed E-state index contributed by atoms with van der Waals surface area (Å²) in [5.41, 5.74) is 28.9. The topological polar surface area (TPSA) is 13.0 Å². The van der Waals surface area contributed by atoms with Crippen LogP contribution in [0.4, 0.5) is 68.2 Å². The number of aryl methyl sites for hydroxylation is 7. The fourth-order valence-corrected chi connectivity index (χ4v) is 18.6. The summed E-state index contributed by atoms with van der Waals surface area (Å²) in [6, 6.07) is 119. The zero-order chi connectivity index (χ0) is 74.0. The van der Waals surface area contributed by atoms with Crippen molar-refractivity contribution in [2.45, 2.75) is 98.8 Å². The molecule has 0 saturated heterocycles. The summed E-state index contributed by atoms with van der Waals surface area (Å²) in [6.07, 6.45) is 4.28. The molecule has 0 amide bonds. The Bertz CT molecular complexity index is 6380. The van der Waals surface area contributed by atoms with Crippen LogP contribution in [0.3, 0.4) is 0 Å². The van der Waals surface area contributed by atoms with Crippen molar-refractivity contribution in [2.75, 3.05) is 19.6 Å². The lowest BCUT2D eigenvalue weighted by atomic mass is 9.70. The maximum atomic E-state index is 2.57. The van der Waals surface area contributed by atoms with Crippen LogP contribution in [0, 0.1) is 34.6 Å². The van der Waals surface area contributed by atoms with E-state index in [1.807, 2.05) is 0 Å². The standard InChI is InChI=1S/C55H42N2.C50H46N2/c1-55(2)32-31-40-34-50(56(41-19-7-3-8-20-41)42-21-9-4-10-22-42)46-30-29-45-47(39-28-27-37-17-15-16-18-38(37)33-39)36-51(48-35-49(55)52(40)54(46)53(45)48)57(43-23-11-5-12-24-43)44-25-13-6-14-26-44;1-31-16-8-12-20-41(31)51(42-21-13-9-17-32(42)2)45-28-35(5)37-24-25-38-46(52(43-22-14-10-18-33(43)3)44-23-15-11-19-34(44)4)29-36-26-27-50(6,7)40-30-39(45)48(37)49(38)47(36)40/h3-30,33-36H,31-32H2,1-2H3;8-25,28-30H,26-27H2,1-7H3. The van der Waals surface area contributed by atoms with E-state index >= 15 is 0 Å². The first-order valence-corrected chi connectivity index (χ1v) is 38.9. The smallest absolute Gasteiger partial charge is 0.0546 e. The number of hydrogen-bond donors (Lipinski definition) is 0. The highest BCUT2D eigenvalue weighted by Gasteiger charge is 2.37. The largest absolute Gasteiger partial charge is 0.310 e. The van der Waals surface area contributed by atoms with E-state index in [2.05, 4.69) is 403 Å². The Morgan fingerprint density at radius 2 is 0.569 bits per heavy atom. The summed E-state index contributed by atoms with van der Waals surface area (Å²) in [4.78, 5) is 10.0. The van der Waals surface area contributed by atoms with Gasteiger partial charge in [-0.1, -0.05) is 234 Å². The highest BCUT2D eigenvalue weighted by atomic mass is 15.2. The molecular weight excluding hydrogens is 1320 g/mol. The van der Waals surface area contributed by atoms with Crippen LogP contribution in [0.1, 0.15) is 90.6 Å². The summed E-state index contributed by atoms with van der Waals surface area (Å²) < 4.78 is 0. The summed E-state index contributed by atoms with van der Waals surface area (Å²) in [5, 5.41) is 18.6. The van der Waals surface area contributed by atoms with Crippen LogP contribution in [-0.2, 0) is 23.7 Å². The molecular formula is C105H88N4. The Kier molecular flexibility index (Phi) is 16.3. The van der Waals surface area contributed by atoms with E-state index in [1.54, 1.807) is 0 Å². The highest BCUT2D eigenvalue weighted by Crippen LogP contribution is 2.58. The van der Waals surface area contributed by atoms with Crippen LogP contribution in [0.15, 0.2) is 322 Å². The van der Waals surface area contributed by atoms with Crippen LogP contribution in [-0.4, -0.2) is 0 Å². The van der Waals surface area contributed by atoms with Gasteiger partial charge >= 0.3 is 0 Å². The second-order valence-electron chi connectivity index (χ2n) is 31.9. The van der Waals surface area contributed by atoms with Gasteiger partial charge in [0.25, 0.3) is 0 Å². The lowest BCUT2D eigenvalue weighted by molar-refractivity contribution is 0.475. The molecule has 18 aromatic rings. The number of fused-ring (bicyclic) bond motifs is 1. The molecule has 18 aromatic carbocycles. The summed E-state index contributed by atoms with van der Waals surface area (Å²) in [5.74, 6) is 0. The van der Waals surface area contributed by atoms with Gasteiger partial charge in [-0.05, 0) is 285 Å². The second-order valence-corrected chi connectivity index (χ2v) is 31.9. The summed E-state index contributed by atoms with van der Waals surface area (Å²) in [7, 11) is 0. The van der Waals surface area contributed by atoms with Gasteiger partial charge in [0.05, 0.1) is 22.7 Å². The van der Waals surface area contributed by atoms with Crippen molar-refractivity contribution in [3.8, 4) is 11.1 Å². The quantitative estimate of drug-likeness (QED) is 0.107. The molecule has 0 fully saturated rings. The molecule has 0 heterocycles. The van der Waals surface area contributed by atoms with E-state index in [1.165, 1.54) is 182 Å². The van der Waals surface area contributed by atoms with Crippen LogP contribution >= 0.6 is 0 Å². The van der Waals surface area contributed by atoms with E-state index in [-0.39, 0.29) is 10.8 Å². The minimum Gasteiger partial charge on any atom is -0.310 e. The average molecular weight is 1410 g/mol. The van der Waals surface area contributed by atoms with Crippen molar-refractivity contribution in [1.29, 1.82) is 0 Å². The van der Waals surface area contributed by atoms with E-state index < -0.39 is 0 Å². The SMILES string of the molecule is CC1(C)CCc2cc(N(c3ccccc3)c3ccccc3)c3ccc4c(-c5ccc6ccccc6c5)cc(N(c5ccccc5)c5ccccc5)c5cc1c2c3c45.Cc1ccccc1N(c1ccccc1C)c1cc(C)c2ccc3c(N(c4ccccc4C)c4ccccc4C)cc4c5c(cc1c2c35)C(C)(C)CC4. The van der Waals surface area contributed by atoms with Crippen LogP contribution in [0.5, 0.6) is 0 Å². The van der Waals surface area contributed by atoms with Crippen molar-refractivity contribution in [3.63, 3.8) is 0 Å². The van der Waals surface area contributed by atoms with E-state index in [0.717, 1.165) is 48.4 Å². The van der Waals surface area contributed by atoms with Gasteiger partial charge < -0.3 is 19.6 Å². The maximum Gasteiger partial charge on any atom is 0.0546 e. The van der Waals surface area contributed by atoms with Crippen molar-refractivity contribution in [1.82, 2.24) is 0 Å². The van der Waals surface area contributed by atoms with E-state index in [9.17, 15) is 0 Å². The van der Waals surface area contributed by atoms with E-state index in [4.69, 9.17) is 0 Å². The van der Waals surface area contributed by atoms with Crippen molar-refractivity contribution < 1.29 is 0 Å². The molecule has 20 rings (SSSR count). The van der Waals surface area contributed by atoms with Gasteiger partial charge in [-0.25, -0.2) is 0 Å². The molecule has 0 aliphatic heterocycles. The Hall–Kier alpha value is -12.5. The van der Waals surface area contributed by atoms with Gasteiger partial charge in [-0.15, -0.1) is 0 Å². The molecule has 0 spiro atoms. The van der Waals surface area contributed by atoms with E-state index in [0.29, 0.717) is 0 Å². The highest BCUT2D eigenvalue weighted by molar-refractivity contribution is 6.33. The first-order valence-electron chi connectivity index (χ1n) is 38.9. The van der Waals surface area contributed by atoms with Crippen LogP contribution in [0.2, 0.25) is 0 Å². The summed E-state index contributed by atoms with van der Waals surface area (Å²) in [6.45, 7) is 21.0. The molecule has 109 heavy (non-hydrogen) atoms. The first-order chi connectivity index (χ1) is 53.2. The minimum atomic E-state index is -0.00153. The molecule has 0 bridgehead atoms. The third-order valence-electron chi connectivity index (χ3n) is 24.3. The Morgan fingerprint density at radius 3 is 0.991 bits per heavy atom. The number of rotatable bonds is 13. The zero-order valence-corrected chi connectivity index (χ0v) is 63.7. The Labute approximate surface area is 640 Å². The van der Waals surface area contributed by atoms with Crippen molar-refractivity contribution in [3.05, 3.63) is 372 Å². The molecule has 4 heteroatoms. The minimum absolute atomic E-state index is 0.00153. The number of anilines is 12. The fraction of sp³-hybridized carbons (Fsp3) is 0.143. The normalized spacial score (nSPS) is 13.6. The average Bonchev–Trinajstić information content (AvgIpc) is 0.697. The van der Waals surface area contributed by atoms with Crippen molar-refractivity contribution >= 4 is 144 Å². The lowest BCUT2D eigenvalue weighted by Gasteiger charge is -2.37. The molecule has 0 aromatic heterocycles. The van der Waals surface area contributed by atoms with Gasteiger partial charge in [0.15, 0.2) is 0 Å². The summed E-state index contributed by atoms with van der Waals surface area (Å²) >= 11 is 0. The number of nitrogens with zero attached hydrogens (tertiary/aromatic N) is 4. The van der Waals surface area contributed by atoms with Gasteiger partial charge in [0, 0.05) is 83.2 Å².